The average molecular weight is 237 g/mol. The molecule has 0 aliphatic heterocycles. The third kappa shape index (κ3) is 4.46. The second kappa shape index (κ2) is 7.43. The molecule has 0 aliphatic rings. The lowest BCUT2D eigenvalue weighted by atomic mass is 9.85. The van der Waals surface area contributed by atoms with Crippen LogP contribution < -0.4 is 5.73 Å². The third-order valence-corrected chi connectivity index (χ3v) is 3.10. The summed E-state index contributed by atoms with van der Waals surface area (Å²) in [6.07, 6.45) is 1.74. The summed E-state index contributed by atoms with van der Waals surface area (Å²) >= 11 is 0. The van der Waals surface area contributed by atoms with Gasteiger partial charge in [0, 0.05) is 19.3 Å². The Kier molecular flexibility index (Phi) is 6.19. The molecule has 96 valence electrons. The van der Waals surface area contributed by atoms with Gasteiger partial charge >= 0.3 is 0 Å². The van der Waals surface area contributed by atoms with Gasteiger partial charge in [-0.15, -0.1) is 0 Å². The lowest BCUT2D eigenvalue weighted by Gasteiger charge is -2.28. The molecule has 0 amide bonds. The Bertz CT molecular complexity index is 302. The number of nitrogens with two attached hydrogens (primary N) is 1. The third-order valence-electron chi connectivity index (χ3n) is 3.10. The fourth-order valence-electron chi connectivity index (χ4n) is 1.79. The van der Waals surface area contributed by atoms with Crippen LogP contribution in [0.2, 0.25) is 0 Å². The van der Waals surface area contributed by atoms with Gasteiger partial charge in [-0.1, -0.05) is 37.3 Å². The highest BCUT2D eigenvalue weighted by Crippen LogP contribution is 2.25. The van der Waals surface area contributed by atoms with Crippen LogP contribution in [-0.4, -0.2) is 26.9 Å². The summed E-state index contributed by atoms with van der Waals surface area (Å²) in [4.78, 5) is 0. The Balaban J connectivity index is 2.46. The molecule has 0 saturated carbocycles. The summed E-state index contributed by atoms with van der Waals surface area (Å²) in [7, 11) is 1.67. The van der Waals surface area contributed by atoms with Gasteiger partial charge in [-0.3, -0.25) is 0 Å². The number of hydrogen-bond donors (Lipinski definition) is 1. The van der Waals surface area contributed by atoms with Crippen LogP contribution >= 0.6 is 0 Å². The van der Waals surface area contributed by atoms with E-state index >= 15 is 0 Å². The summed E-state index contributed by atoms with van der Waals surface area (Å²) < 4.78 is 10.4. The maximum atomic E-state index is 6.42. The molecular weight excluding hydrogens is 214 g/mol. The summed E-state index contributed by atoms with van der Waals surface area (Å²) in [5.74, 6) is 0. The molecule has 0 heterocycles. The fraction of sp³-hybridized carbons (Fsp3) is 0.571. The van der Waals surface area contributed by atoms with E-state index in [9.17, 15) is 0 Å². The van der Waals surface area contributed by atoms with Crippen LogP contribution in [0.3, 0.4) is 0 Å². The smallest absolute Gasteiger partial charge is 0.0700 e. The molecule has 1 unspecified atom stereocenters. The molecule has 1 aromatic rings. The Morgan fingerprint density at radius 2 is 1.82 bits per heavy atom. The molecule has 0 spiro atoms. The molecule has 0 fully saturated rings. The van der Waals surface area contributed by atoms with E-state index in [4.69, 9.17) is 15.2 Å². The zero-order valence-electron chi connectivity index (χ0n) is 10.8. The minimum Gasteiger partial charge on any atom is -0.382 e. The SMILES string of the molecule is CCC(N)(CCOCCOC)c1ccccc1. The van der Waals surface area contributed by atoms with Crippen molar-refractivity contribution in [3.63, 3.8) is 0 Å². The fourth-order valence-corrected chi connectivity index (χ4v) is 1.79. The van der Waals surface area contributed by atoms with Gasteiger partial charge in [0.15, 0.2) is 0 Å². The molecule has 0 saturated heterocycles. The zero-order valence-corrected chi connectivity index (χ0v) is 10.8. The van der Waals surface area contributed by atoms with Gasteiger partial charge in [-0.05, 0) is 18.4 Å². The van der Waals surface area contributed by atoms with Crippen LogP contribution in [0.1, 0.15) is 25.3 Å². The van der Waals surface area contributed by atoms with Crippen LogP contribution in [0, 0.1) is 0 Å². The van der Waals surface area contributed by atoms with Gasteiger partial charge in [0.1, 0.15) is 0 Å². The number of benzene rings is 1. The Morgan fingerprint density at radius 3 is 2.41 bits per heavy atom. The van der Waals surface area contributed by atoms with Gasteiger partial charge in [-0.2, -0.15) is 0 Å². The summed E-state index contributed by atoms with van der Waals surface area (Å²) in [6.45, 7) is 4.05. The van der Waals surface area contributed by atoms with E-state index in [1.807, 2.05) is 18.2 Å². The minimum absolute atomic E-state index is 0.283. The standard InChI is InChI=1S/C14H23NO2/c1-3-14(15,9-10-17-12-11-16-2)13-7-5-4-6-8-13/h4-8H,3,9-12,15H2,1-2H3. The summed E-state index contributed by atoms with van der Waals surface area (Å²) in [5.41, 5.74) is 7.32. The van der Waals surface area contributed by atoms with Crippen molar-refractivity contribution in [2.45, 2.75) is 25.3 Å². The van der Waals surface area contributed by atoms with Crippen LogP contribution in [0.4, 0.5) is 0 Å². The van der Waals surface area contributed by atoms with Gasteiger partial charge in [0.25, 0.3) is 0 Å². The largest absolute Gasteiger partial charge is 0.382 e. The van der Waals surface area contributed by atoms with Crippen molar-refractivity contribution in [1.29, 1.82) is 0 Å². The van der Waals surface area contributed by atoms with E-state index in [1.54, 1.807) is 7.11 Å². The molecule has 0 aliphatic carbocycles. The molecule has 1 aromatic carbocycles. The first-order valence-corrected chi connectivity index (χ1v) is 6.14. The van der Waals surface area contributed by atoms with Crippen LogP contribution in [-0.2, 0) is 15.0 Å². The second-order valence-electron chi connectivity index (χ2n) is 4.23. The first-order valence-electron chi connectivity index (χ1n) is 6.14. The summed E-state index contributed by atoms with van der Waals surface area (Å²) in [6, 6.07) is 10.2. The van der Waals surface area contributed by atoms with Gasteiger partial charge in [-0.25, -0.2) is 0 Å². The van der Waals surface area contributed by atoms with Crippen LogP contribution in [0.15, 0.2) is 30.3 Å². The zero-order chi connectivity index (χ0) is 12.6. The van der Waals surface area contributed by atoms with Crippen LogP contribution in [0.25, 0.3) is 0 Å². The van der Waals surface area contributed by atoms with Gasteiger partial charge < -0.3 is 15.2 Å². The second-order valence-corrected chi connectivity index (χ2v) is 4.23. The molecule has 2 N–H and O–H groups in total. The Morgan fingerprint density at radius 1 is 1.12 bits per heavy atom. The minimum atomic E-state index is -0.283. The van der Waals surface area contributed by atoms with Crippen molar-refractivity contribution in [3.05, 3.63) is 35.9 Å². The quantitative estimate of drug-likeness (QED) is 0.706. The van der Waals surface area contributed by atoms with E-state index in [-0.39, 0.29) is 5.54 Å². The van der Waals surface area contributed by atoms with Crippen molar-refractivity contribution in [2.24, 2.45) is 5.73 Å². The lowest BCUT2D eigenvalue weighted by molar-refractivity contribution is 0.0603. The molecule has 0 radical (unpaired) electrons. The normalized spacial score (nSPS) is 14.5. The predicted octanol–water partition coefficient (Wildman–Crippen LogP) is 2.30. The lowest BCUT2D eigenvalue weighted by Crippen LogP contribution is -2.37. The molecule has 17 heavy (non-hydrogen) atoms. The van der Waals surface area contributed by atoms with Gasteiger partial charge in [0.05, 0.1) is 13.2 Å². The van der Waals surface area contributed by atoms with E-state index in [1.165, 1.54) is 5.56 Å². The Hall–Kier alpha value is -0.900. The van der Waals surface area contributed by atoms with Crippen molar-refractivity contribution < 1.29 is 9.47 Å². The highest BCUT2D eigenvalue weighted by Gasteiger charge is 2.24. The van der Waals surface area contributed by atoms with E-state index in [0.29, 0.717) is 19.8 Å². The molecule has 0 bridgehead atoms. The molecule has 0 aromatic heterocycles. The maximum Gasteiger partial charge on any atom is 0.0700 e. The van der Waals surface area contributed by atoms with Crippen molar-refractivity contribution in [1.82, 2.24) is 0 Å². The van der Waals surface area contributed by atoms with Crippen molar-refractivity contribution >= 4 is 0 Å². The monoisotopic (exact) mass is 237 g/mol. The van der Waals surface area contributed by atoms with Gasteiger partial charge in [0.2, 0.25) is 0 Å². The Labute approximate surface area is 104 Å². The molecule has 3 heteroatoms. The van der Waals surface area contributed by atoms with Crippen LogP contribution in [0.5, 0.6) is 0 Å². The topological polar surface area (TPSA) is 44.5 Å². The first-order chi connectivity index (χ1) is 8.23. The maximum absolute atomic E-state index is 6.42. The van der Waals surface area contributed by atoms with E-state index < -0.39 is 0 Å². The highest BCUT2D eigenvalue weighted by atomic mass is 16.5. The summed E-state index contributed by atoms with van der Waals surface area (Å²) in [5, 5.41) is 0. The molecule has 1 atom stereocenters. The molecule has 1 rings (SSSR count). The van der Waals surface area contributed by atoms with Crippen molar-refractivity contribution in [3.8, 4) is 0 Å². The predicted molar refractivity (Wildman–Crippen MR) is 69.9 cm³/mol. The number of ether oxygens (including phenoxy) is 2. The van der Waals surface area contributed by atoms with E-state index in [2.05, 4.69) is 19.1 Å². The highest BCUT2D eigenvalue weighted by molar-refractivity contribution is 5.23. The molecule has 3 nitrogen and oxygen atoms in total. The number of methoxy groups -OCH3 is 1. The number of rotatable bonds is 8. The van der Waals surface area contributed by atoms with Crippen molar-refractivity contribution in [2.75, 3.05) is 26.9 Å². The van der Waals surface area contributed by atoms with E-state index in [0.717, 1.165) is 12.8 Å². The first kappa shape index (κ1) is 14.2. The average Bonchev–Trinajstić information content (AvgIpc) is 2.39. The molecular formula is C14H23NO2. The number of hydrogen-bond acceptors (Lipinski definition) is 3.